The Morgan fingerprint density at radius 3 is 2.50 bits per heavy atom. The van der Waals surface area contributed by atoms with Crippen LogP contribution in [0.5, 0.6) is 0 Å². The van der Waals surface area contributed by atoms with Crippen LogP contribution in [-0.4, -0.2) is 28.3 Å². The van der Waals surface area contributed by atoms with E-state index in [4.69, 9.17) is 4.99 Å². The standard InChI is InChI=1S/C31H24BrN5O2S/c32-22-13-14-26-24(16-22)25(18-37(26)19-27(38)36-33-17-23-12-7-15-40-23)30-31(39)35-29(21-10-5-2-6-11-21)28(34-30)20-8-3-1-4-9-20/h1-18,28-29H,19H2,(H,35,39)(H,36,38)/t28-,29-/m0/s1. The molecule has 0 radical (unpaired) electrons. The van der Waals surface area contributed by atoms with Gasteiger partial charge in [-0.1, -0.05) is 82.7 Å². The number of aliphatic imine (C=N–C) groups is 1. The van der Waals surface area contributed by atoms with Gasteiger partial charge in [-0.3, -0.25) is 14.6 Å². The molecule has 2 N–H and O–H groups in total. The Morgan fingerprint density at radius 2 is 1.77 bits per heavy atom. The number of fused-ring (bicyclic) bond motifs is 1. The zero-order valence-corrected chi connectivity index (χ0v) is 23.6. The molecule has 3 heterocycles. The van der Waals surface area contributed by atoms with Gasteiger partial charge in [-0.05, 0) is 40.8 Å². The molecule has 40 heavy (non-hydrogen) atoms. The molecule has 0 fully saturated rings. The third kappa shape index (κ3) is 5.38. The molecule has 0 saturated carbocycles. The fourth-order valence-corrected chi connectivity index (χ4v) is 5.85. The number of halogens is 1. The van der Waals surface area contributed by atoms with Crippen LogP contribution in [-0.2, 0) is 16.1 Å². The van der Waals surface area contributed by atoms with Crippen LogP contribution in [0.4, 0.5) is 0 Å². The van der Waals surface area contributed by atoms with Crippen molar-refractivity contribution in [3.05, 3.63) is 129 Å². The van der Waals surface area contributed by atoms with E-state index in [-0.39, 0.29) is 30.4 Å². The molecule has 1 aliphatic heterocycles. The first-order valence-electron chi connectivity index (χ1n) is 12.7. The van der Waals surface area contributed by atoms with E-state index in [0.29, 0.717) is 11.3 Å². The topological polar surface area (TPSA) is 87.8 Å². The first kappa shape index (κ1) is 25.9. The van der Waals surface area contributed by atoms with E-state index >= 15 is 0 Å². The number of benzene rings is 3. The number of nitrogens with zero attached hydrogens (tertiary/aromatic N) is 3. The van der Waals surface area contributed by atoms with E-state index in [1.807, 2.05) is 107 Å². The summed E-state index contributed by atoms with van der Waals surface area (Å²) in [4.78, 5) is 32.4. The van der Waals surface area contributed by atoms with E-state index in [1.54, 1.807) is 6.21 Å². The number of rotatable bonds is 7. The van der Waals surface area contributed by atoms with Crippen molar-refractivity contribution in [3.8, 4) is 0 Å². The Labute approximate surface area is 243 Å². The van der Waals surface area contributed by atoms with Crippen LogP contribution >= 0.6 is 27.3 Å². The SMILES string of the molecule is O=C(Cn1cc(C2=N[C@@H](c3ccccc3)[C@H](c3ccccc3)NC2=O)c2cc(Br)ccc21)NN=Cc1cccs1. The number of hydrazone groups is 1. The van der Waals surface area contributed by atoms with Gasteiger partial charge in [0.25, 0.3) is 11.8 Å². The average molecular weight is 611 g/mol. The van der Waals surface area contributed by atoms with E-state index < -0.39 is 0 Å². The molecule has 7 nitrogen and oxygen atoms in total. The molecule has 6 rings (SSSR count). The highest BCUT2D eigenvalue weighted by atomic mass is 79.9. The van der Waals surface area contributed by atoms with Crippen molar-refractivity contribution in [1.29, 1.82) is 0 Å². The quantitative estimate of drug-likeness (QED) is 0.175. The second-order valence-electron chi connectivity index (χ2n) is 9.34. The maximum Gasteiger partial charge on any atom is 0.270 e. The summed E-state index contributed by atoms with van der Waals surface area (Å²) in [6.07, 6.45) is 3.44. The maximum absolute atomic E-state index is 13.6. The summed E-state index contributed by atoms with van der Waals surface area (Å²) >= 11 is 5.10. The van der Waals surface area contributed by atoms with Gasteiger partial charge in [0.1, 0.15) is 18.3 Å². The zero-order valence-electron chi connectivity index (χ0n) is 21.2. The molecule has 1 aliphatic rings. The molecule has 5 aromatic rings. The molecule has 0 bridgehead atoms. The number of hydrogen-bond donors (Lipinski definition) is 2. The smallest absolute Gasteiger partial charge is 0.270 e. The number of carbonyl (C=O) groups excluding carboxylic acids is 2. The van der Waals surface area contributed by atoms with Crippen molar-refractivity contribution in [1.82, 2.24) is 15.3 Å². The molecular weight excluding hydrogens is 586 g/mol. The number of nitrogens with one attached hydrogen (secondary N) is 2. The molecule has 198 valence electrons. The summed E-state index contributed by atoms with van der Waals surface area (Å²) in [6, 6.07) is 28.9. The Morgan fingerprint density at radius 1 is 1.02 bits per heavy atom. The number of thiophene rings is 1. The zero-order chi connectivity index (χ0) is 27.5. The van der Waals surface area contributed by atoms with Crippen LogP contribution in [0.15, 0.2) is 117 Å². The van der Waals surface area contributed by atoms with Gasteiger partial charge >= 0.3 is 0 Å². The second-order valence-corrected chi connectivity index (χ2v) is 11.2. The Hall–Kier alpha value is -4.34. The summed E-state index contributed by atoms with van der Waals surface area (Å²) < 4.78 is 2.69. The minimum absolute atomic E-state index is 0.0313. The number of aromatic nitrogens is 1. The van der Waals surface area contributed by atoms with Crippen LogP contribution in [0.25, 0.3) is 10.9 Å². The van der Waals surface area contributed by atoms with Gasteiger partial charge in [0.15, 0.2) is 0 Å². The van der Waals surface area contributed by atoms with Gasteiger partial charge in [-0.25, -0.2) is 5.43 Å². The van der Waals surface area contributed by atoms with Crippen LogP contribution in [0.1, 0.15) is 33.7 Å². The summed E-state index contributed by atoms with van der Waals surface area (Å²) in [6.45, 7) is 0.0313. The lowest BCUT2D eigenvalue weighted by Crippen LogP contribution is -2.42. The molecule has 0 aliphatic carbocycles. The van der Waals surface area contributed by atoms with Gasteiger partial charge < -0.3 is 9.88 Å². The van der Waals surface area contributed by atoms with E-state index in [2.05, 4.69) is 31.8 Å². The van der Waals surface area contributed by atoms with Gasteiger partial charge in [0.05, 0.1) is 12.3 Å². The molecule has 0 spiro atoms. The monoisotopic (exact) mass is 609 g/mol. The number of carbonyl (C=O) groups is 2. The van der Waals surface area contributed by atoms with Gasteiger partial charge in [0.2, 0.25) is 0 Å². The minimum Gasteiger partial charge on any atom is -0.341 e. The molecule has 2 amide bonds. The van der Waals surface area contributed by atoms with Gasteiger partial charge in [-0.2, -0.15) is 5.10 Å². The normalized spacial score (nSPS) is 17.1. The van der Waals surface area contributed by atoms with E-state index in [9.17, 15) is 9.59 Å². The van der Waals surface area contributed by atoms with Crippen LogP contribution in [0.3, 0.4) is 0 Å². The first-order chi connectivity index (χ1) is 19.6. The predicted molar refractivity (Wildman–Crippen MR) is 163 cm³/mol. The van der Waals surface area contributed by atoms with Crippen LogP contribution < -0.4 is 10.7 Å². The molecule has 0 unspecified atom stereocenters. The molecule has 9 heteroatoms. The highest BCUT2D eigenvalue weighted by molar-refractivity contribution is 9.10. The number of amides is 2. The second kappa shape index (κ2) is 11.4. The first-order valence-corrected chi connectivity index (χ1v) is 14.4. The van der Waals surface area contributed by atoms with Crippen molar-refractivity contribution in [2.75, 3.05) is 0 Å². The van der Waals surface area contributed by atoms with Crippen LogP contribution in [0, 0.1) is 0 Å². The number of hydrogen-bond acceptors (Lipinski definition) is 5. The van der Waals surface area contributed by atoms with Crippen molar-refractivity contribution < 1.29 is 9.59 Å². The summed E-state index contributed by atoms with van der Waals surface area (Å²) in [7, 11) is 0. The van der Waals surface area contributed by atoms with Gasteiger partial charge in [-0.15, -0.1) is 11.3 Å². The van der Waals surface area contributed by atoms with E-state index in [1.165, 1.54) is 11.3 Å². The molecule has 0 saturated heterocycles. The fraction of sp³-hybridized carbons (Fsp3) is 0.0968. The lowest BCUT2D eigenvalue weighted by Gasteiger charge is -2.31. The maximum atomic E-state index is 13.6. The van der Waals surface area contributed by atoms with Crippen molar-refractivity contribution in [3.63, 3.8) is 0 Å². The average Bonchev–Trinajstić information content (AvgIpc) is 3.62. The minimum atomic E-state index is -0.322. The Kier molecular flexibility index (Phi) is 7.39. The highest BCUT2D eigenvalue weighted by Crippen LogP contribution is 2.37. The van der Waals surface area contributed by atoms with E-state index in [0.717, 1.165) is 31.4 Å². The van der Waals surface area contributed by atoms with Crippen molar-refractivity contribution in [2.24, 2.45) is 10.1 Å². The Bertz CT molecular complexity index is 1730. The largest absolute Gasteiger partial charge is 0.341 e. The third-order valence-electron chi connectivity index (χ3n) is 6.72. The highest BCUT2D eigenvalue weighted by Gasteiger charge is 2.34. The Balaban J connectivity index is 1.38. The lowest BCUT2D eigenvalue weighted by atomic mass is 9.91. The summed E-state index contributed by atoms with van der Waals surface area (Å²) in [5.74, 6) is -0.537. The summed E-state index contributed by atoms with van der Waals surface area (Å²) in [5.41, 5.74) is 6.39. The molecule has 3 aromatic carbocycles. The predicted octanol–water partition coefficient (Wildman–Crippen LogP) is 6.02. The van der Waals surface area contributed by atoms with Crippen molar-refractivity contribution in [2.45, 2.75) is 18.6 Å². The molecular formula is C31H24BrN5O2S. The fourth-order valence-electron chi connectivity index (χ4n) is 4.91. The van der Waals surface area contributed by atoms with Crippen molar-refractivity contribution >= 4 is 61.9 Å². The van der Waals surface area contributed by atoms with Crippen LogP contribution in [0.2, 0.25) is 0 Å². The molecule has 2 aromatic heterocycles. The lowest BCUT2D eigenvalue weighted by molar-refractivity contribution is -0.121. The van der Waals surface area contributed by atoms with Gasteiger partial charge in [0, 0.05) is 32.0 Å². The molecule has 2 atom stereocenters. The third-order valence-corrected chi connectivity index (χ3v) is 8.02. The summed E-state index contributed by atoms with van der Waals surface area (Å²) in [5, 5.41) is 10.1.